The molecule has 0 bridgehead atoms. The van der Waals surface area contributed by atoms with Gasteiger partial charge >= 0.3 is 0 Å². The van der Waals surface area contributed by atoms with Crippen LogP contribution in [-0.4, -0.2) is 13.5 Å². The molecule has 0 radical (unpaired) electrons. The Hall–Kier alpha value is -3.19. The predicted molar refractivity (Wildman–Crippen MR) is 96.0 cm³/mol. The third-order valence-corrected chi connectivity index (χ3v) is 4.68. The molecule has 2 N–H and O–H groups in total. The lowest BCUT2D eigenvalue weighted by Gasteiger charge is -2.08. The van der Waals surface area contributed by atoms with Crippen molar-refractivity contribution >= 4 is 27.1 Å². The van der Waals surface area contributed by atoms with E-state index in [1.807, 2.05) is 30.3 Å². The van der Waals surface area contributed by atoms with Gasteiger partial charge in [-0.15, -0.1) is 0 Å². The lowest BCUT2D eigenvalue weighted by atomic mass is 10.3. The number of azo groups is 1. The molecule has 3 aromatic rings. The summed E-state index contributed by atoms with van der Waals surface area (Å²) in [5, 5.41) is 17.6. The summed E-state index contributed by atoms with van der Waals surface area (Å²) in [4.78, 5) is 0.0921. The van der Waals surface area contributed by atoms with Crippen molar-refractivity contribution in [3.8, 4) is 5.75 Å². The fraction of sp³-hybridized carbons (Fsp3) is 0. The number of nitrogens with zero attached hydrogens (tertiary/aromatic N) is 2. The number of hydrogen-bond donors (Lipinski definition) is 2. The molecule has 0 unspecified atom stereocenters. The molecule has 0 aromatic heterocycles. The molecule has 7 heteroatoms. The van der Waals surface area contributed by atoms with E-state index in [0.29, 0.717) is 11.4 Å². The van der Waals surface area contributed by atoms with Gasteiger partial charge in [-0.25, -0.2) is 8.42 Å². The molecule has 0 aliphatic carbocycles. The Morgan fingerprint density at radius 3 is 2.04 bits per heavy atom. The summed E-state index contributed by atoms with van der Waals surface area (Å²) in [6.07, 6.45) is 0. The molecule has 0 saturated heterocycles. The van der Waals surface area contributed by atoms with Gasteiger partial charge in [0.2, 0.25) is 0 Å². The third-order valence-electron chi connectivity index (χ3n) is 3.28. The highest BCUT2D eigenvalue weighted by atomic mass is 32.2. The topological polar surface area (TPSA) is 91.1 Å². The maximum absolute atomic E-state index is 12.4. The van der Waals surface area contributed by atoms with Crippen LogP contribution in [0.2, 0.25) is 0 Å². The molecule has 6 nitrogen and oxygen atoms in total. The van der Waals surface area contributed by atoms with Gasteiger partial charge in [-0.1, -0.05) is 24.3 Å². The summed E-state index contributed by atoms with van der Waals surface area (Å²) in [5.41, 5.74) is 1.54. The number of nitrogens with one attached hydrogen (secondary N) is 1. The Morgan fingerprint density at radius 2 is 1.40 bits per heavy atom. The fourth-order valence-corrected chi connectivity index (χ4v) is 3.14. The number of phenols is 1. The van der Waals surface area contributed by atoms with Crippen LogP contribution in [0.5, 0.6) is 5.75 Å². The number of anilines is 1. The highest BCUT2D eigenvalue weighted by Crippen LogP contribution is 2.23. The lowest BCUT2D eigenvalue weighted by Crippen LogP contribution is -2.12. The monoisotopic (exact) mass is 353 g/mol. The zero-order valence-corrected chi connectivity index (χ0v) is 13.9. The van der Waals surface area contributed by atoms with Crippen LogP contribution >= 0.6 is 0 Å². The maximum Gasteiger partial charge on any atom is 0.261 e. The van der Waals surface area contributed by atoms with Crippen LogP contribution < -0.4 is 4.72 Å². The number of benzene rings is 3. The fourth-order valence-electron chi connectivity index (χ4n) is 2.09. The summed E-state index contributed by atoms with van der Waals surface area (Å²) in [6.45, 7) is 0. The smallest absolute Gasteiger partial charge is 0.261 e. The Morgan fingerprint density at radius 1 is 0.760 bits per heavy atom. The number of hydrogen-bond acceptors (Lipinski definition) is 5. The zero-order valence-electron chi connectivity index (χ0n) is 13.1. The van der Waals surface area contributed by atoms with E-state index in [1.54, 1.807) is 24.3 Å². The van der Waals surface area contributed by atoms with Crippen LogP contribution in [0.4, 0.5) is 17.1 Å². The number of sulfonamides is 1. The highest BCUT2D eigenvalue weighted by Gasteiger charge is 2.14. The number of phenolic OH excluding ortho intramolecular Hbond substituents is 1. The van der Waals surface area contributed by atoms with Crippen molar-refractivity contribution in [2.45, 2.75) is 4.90 Å². The molecule has 3 aromatic carbocycles. The van der Waals surface area contributed by atoms with Crippen molar-refractivity contribution in [1.82, 2.24) is 0 Å². The maximum atomic E-state index is 12.4. The minimum absolute atomic E-state index is 0.0168. The molecule has 0 fully saturated rings. The molecule has 25 heavy (non-hydrogen) atoms. The van der Waals surface area contributed by atoms with E-state index in [1.165, 1.54) is 24.3 Å². The van der Waals surface area contributed by atoms with Gasteiger partial charge in [0, 0.05) is 6.07 Å². The first kappa shape index (κ1) is 16.7. The summed E-state index contributed by atoms with van der Waals surface area (Å²) >= 11 is 0. The second kappa shape index (κ2) is 7.14. The molecular formula is C18H15N3O3S. The van der Waals surface area contributed by atoms with Crippen LogP contribution in [0, 0.1) is 0 Å². The Balaban J connectivity index is 1.76. The second-order valence-corrected chi connectivity index (χ2v) is 6.87. The third kappa shape index (κ3) is 4.42. The van der Waals surface area contributed by atoms with Gasteiger partial charge in [-0.05, 0) is 48.5 Å². The van der Waals surface area contributed by atoms with Crippen molar-refractivity contribution in [1.29, 1.82) is 0 Å². The number of aromatic hydroxyl groups is 1. The van der Waals surface area contributed by atoms with E-state index < -0.39 is 10.0 Å². The van der Waals surface area contributed by atoms with Gasteiger partial charge in [-0.2, -0.15) is 10.2 Å². The predicted octanol–water partition coefficient (Wildman–Crippen LogP) is 4.61. The first-order valence-corrected chi connectivity index (χ1v) is 8.90. The van der Waals surface area contributed by atoms with Crippen LogP contribution in [0.25, 0.3) is 0 Å². The first-order valence-electron chi connectivity index (χ1n) is 7.42. The van der Waals surface area contributed by atoms with Gasteiger partial charge < -0.3 is 5.11 Å². The highest BCUT2D eigenvalue weighted by molar-refractivity contribution is 7.92. The normalized spacial score (nSPS) is 11.5. The quantitative estimate of drug-likeness (QED) is 0.656. The van der Waals surface area contributed by atoms with Crippen molar-refractivity contribution in [3.05, 3.63) is 78.9 Å². The lowest BCUT2D eigenvalue weighted by molar-refractivity contribution is 0.475. The Bertz CT molecular complexity index is 986. The van der Waals surface area contributed by atoms with Crippen LogP contribution in [-0.2, 0) is 10.0 Å². The SMILES string of the molecule is O=S(=O)(Nc1cccc(O)c1)c1ccc(N=Nc2ccccc2)cc1. The summed E-state index contributed by atoms with van der Waals surface area (Å²) < 4.78 is 27.1. The van der Waals surface area contributed by atoms with E-state index in [4.69, 9.17) is 0 Å². The standard InChI is InChI=1S/C18H15N3O3S/c22-17-8-4-7-16(13-17)21-25(23,24)18-11-9-15(10-12-18)20-19-14-5-2-1-3-6-14/h1-13,21-22H. The van der Waals surface area contributed by atoms with Crippen molar-refractivity contribution in [2.24, 2.45) is 10.2 Å². The minimum Gasteiger partial charge on any atom is -0.508 e. The van der Waals surface area contributed by atoms with Gasteiger partial charge in [0.15, 0.2) is 0 Å². The molecule has 0 spiro atoms. The summed E-state index contributed by atoms with van der Waals surface area (Å²) in [7, 11) is -3.75. The molecular weight excluding hydrogens is 338 g/mol. The van der Waals surface area contributed by atoms with Crippen molar-refractivity contribution < 1.29 is 13.5 Å². The molecule has 0 atom stereocenters. The number of rotatable bonds is 5. The van der Waals surface area contributed by atoms with E-state index >= 15 is 0 Å². The molecule has 0 heterocycles. The average molecular weight is 353 g/mol. The van der Waals surface area contributed by atoms with E-state index in [0.717, 1.165) is 0 Å². The largest absolute Gasteiger partial charge is 0.508 e. The molecule has 0 aliphatic heterocycles. The zero-order chi connectivity index (χ0) is 17.7. The van der Waals surface area contributed by atoms with E-state index in [9.17, 15) is 13.5 Å². The van der Waals surface area contributed by atoms with Gasteiger partial charge in [0.05, 0.1) is 22.0 Å². The Labute approximate surface area is 145 Å². The molecule has 3 rings (SSSR count). The average Bonchev–Trinajstić information content (AvgIpc) is 2.61. The van der Waals surface area contributed by atoms with E-state index in [-0.39, 0.29) is 16.3 Å². The van der Waals surface area contributed by atoms with Crippen LogP contribution in [0.15, 0.2) is 94.0 Å². The molecule has 0 amide bonds. The van der Waals surface area contributed by atoms with Crippen molar-refractivity contribution in [2.75, 3.05) is 4.72 Å². The van der Waals surface area contributed by atoms with Crippen LogP contribution in [0.3, 0.4) is 0 Å². The molecule has 0 aliphatic rings. The molecule has 0 saturated carbocycles. The summed E-state index contributed by atoms with van der Waals surface area (Å²) in [5.74, 6) is -0.0168. The van der Waals surface area contributed by atoms with Gasteiger partial charge in [0.25, 0.3) is 10.0 Å². The molecule has 126 valence electrons. The van der Waals surface area contributed by atoms with E-state index in [2.05, 4.69) is 15.0 Å². The Kier molecular flexibility index (Phi) is 4.76. The van der Waals surface area contributed by atoms with Crippen molar-refractivity contribution in [3.63, 3.8) is 0 Å². The van der Waals surface area contributed by atoms with Gasteiger partial charge in [-0.3, -0.25) is 4.72 Å². The second-order valence-electron chi connectivity index (χ2n) is 5.19. The minimum atomic E-state index is -3.75. The summed E-state index contributed by atoms with van der Waals surface area (Å²) in [6, 6.07) is 21.2. The van der Waals surface area contributed by atoms with Gasteiger partial charge in [0.1, 0.15) is 5.75 Å². The van der Waals surface area contributed by atoms with Crippen LogP contribution in [0.1, 0.15) is 0 Å². The first-order chi connectivity index (χ1) is 12.0.